The summed E-state index contributed by atoms with van der Waals surface area (Å²) in [7, 11) is 0. The molecule has 1 aliphatic heterocycles. The number of aromatic nitrogens is 1. The average molecular weight is 190 g/mol. The first-order chi connectivity index (χ1) is 6.68. The van der Waals surface area contributed by atoms with Crippen LogP contribution in [0.5, 0.6) is 0 Å². The summed E-state index contributed by atoms with van der Waals surface area (Å²) in [4.78, 5) is 15.8. The van der Waals surface area contributed by atoms with E-state index in [4.69, 9.17) is 0 Å². The Labute approximate surface area is 83.5 Å². The molecule has 0 aliphatic carbocycles. The summed E-state index contributed by atoms with van der Waals surface area (Å²) in [5, 5.41) is 2.83. The van der Waals surface area contributed by atoms with Gasteiger partial charge in [-0.05, 0) is 17.5 Å². The Bertz CT molecular complexity index is 372. The van der Waals surface area contributed by atoms with Crippen LogP contribution in [-0.2, 0) is 6.42 Å². The Balaban J connectivity index is 2.46. The topological polar surface area (TPSA) is 42.0 Å². The minimum absolute atomic E-state index is 0.0150. The van der Waals surface area contributed by atoms with Crippen molar-refractivity contribution in [2.24, 2.45) is 0 Å². The predicted octanol–water partition coefficient (Wildman–Crippen LogP) is 1.49. The van der Waals surface area contributed by atoms with Gasteiger partial charge in [0.05, 0.1) is 11.3 Å². The summed E-state index contributed by atoms with van der Waals surface area (Å²) in [6, 6.07) is 1.96. The fraction of sp³-hybridized carbons (Fsp3) is 0.455. The molecule has 1 aromatic rings. The van der Waals surface area contributed by atoms with Crippen LogP contribution in [-0.4, -0.2) is 17.4 Å². The minimum Gasteiger partial charge on any atom is -0.352 e. The highest BCUT2D eigenvalue weighted by molar-refractivity contribution is 5.96. The van der Waals surface area contributed by atoms with E-state index in [0.717, 1.165) is 23.2 Å². The molecule has 14 heavy (non-hydrogen) atoms. The van der Waals surface area contributed by atoms with Crippen LogP contribution >= 0.6 is 0 Å². The van der Waals surface area contributed by atoms with Crippen molar-refractivity contribution in [1.29, 1.82) is 0 Å². The van der Waals surface area contributed by atoms with Gasteiger partial charge in [0.2, 0.25) is 0 Å². The van der Waals surface area contributed by atoms with E-state index in [1.807, 2.05) is 12.3 Å². The van der Waals surface area contributed by atoms with Crippen LogP contribution < -0.4 is 5.32 Å². The maximum atomic E-state index is 11.5. The van der Waals surface area contributed by atoms with Crippen molar-refractivity contribution in [3.05, 3.63) is 29.1 Å². The number of carbonyl (C=O) groups excluding carboxylic acids is 1. The van der Waals surface area contributed by atoms with E-state index < -0.39 is 0 Å². The Hall–Kier alpha value is -1.38. The number of amides is 1. The van der Waals surface area contributed by atoms with E-state index in [0.29, 0.717) is 12.5 Å². The second-order valence-electron chi connectivity index (χ2n) is 3.92. The van der Waals surface area contributed by atoms with Gasteiger partial charge in [-0.25, -0.2) is 0 Å². The molecule has 1 N–H and O–H groups in total. The molecule has 2 heterocycles. The van der Waals surface area contributed by atoms with Gasteiger partial charge in [0.1, 0.15) is 0 Å². The fourth-order valence-electron chi connectivity index (χ4n) is 1.61. The molecule has 3 nitrogen and oxygen atoms in total. The molecule has 0 spiro atoms. The van der Waals surface area contributed by atoms with Crippen molar-refractivity contribution >= 4 is 5.91 Å². The summed E-state index contributed by atoms with van der Waals surface area (Å²) in [6.07, 6.45) is 2.72. The van der Waals surface area contributed by atoms with Gasteiger partial charge in [0, 0.05) is 19.2 Å². The Morgan fingerprint density at radius 1 is 1.50 bits per heavy atom. The number of pyridine rings is 1. The summed E-state index contributed by atoms with van der Waals surface area (Å²) < 4.78 is 0. The van der Waals surface area contributed by atoms with Gasteiger partial charge in [-0.15, -0.1) is 0 Å². The highest BCUT2D eigenvalue weighted by Gasteiger charge is 2.18. The molecule has 74 valence electrons. The molecule has 0 fully saturated rings. The van der Waals surface area contributed by atoms with Gasteiger partial charge in [0.25, 0.3) is 5.91 Å². The second kappa shape index (κ2) is 3.40. The van der Waals surface area contributed by atoms with Gasteiger partial charge in [-0.1, -0.05) is 13.8 Å². The normalized spacial score (nSPS) is 15.2. The van der Waals surface area contributed by atoms with Crippen LogP contribution in [0.2, 0.25) is 0 Å². The monoisotopic (exact) mass is 190 g/mol. The highest BCUT2D eigenvalue weighted by Crippen LogP contribution is 2.18. The van der Waals surface area contributed by atoms with E-state index in [2.05, 4.69) is 24.1 Å². The SMILES string of the molecule is CC(C)c1cnc2c(c1)C(=O)NCC2. The van der Waals surface area contributed by atoms with Crippen LogP contribution in [0.15, 0.2) is 12.3 Å². The van der Waals surface area contributed by atoms with E-state index in [1.54, 1.807) is 0 Å². The Kier molecular flexibility index (Phi) is 2.23. The molecule has 0 unspecified atom stereocenters. The number of hydrogen-bond acceptors (Lipinski definition) is 2. The maximum Gasteiger partial charge on any atom is 0.253 e. The standard InChI is InChI=1S/C11H14N2O/c1-7(2)8-5-9-10(13-6-8)3-4-12-11(9)14/h5-7H,3-4H2,1-2H3,(H,12,14). The molecule has 0 atom stereocenters. The zero-order valence-corrected chi connectivity index (χ0v) is 8.50. The van der Waals surface area contributed by atoms with E-state index in [1.165, 1.54) is 0 Å². The summed E-state index contributed by atoms with van der Waals surface area (Å²) in [5.74, 6) is 0.434. The number of rotatable bonds is 1. The first-order valence-electron chi connectivity index (χ1n) is 4.95. The first kappa shape index (κ1) is 9.19. The van der Waals surface area contributed by atoms with Gasteiger partial charge in [-0.3, -0.25) is 9.78 Å². The lowest BCUT2D eigenvalue weighted by Gasteiger charge is -2.16. The third-order valence-corrected chi connectivity index (χ3v) is 2.55. The van der Waals surface area contributed by atoms with Gasteiger partial charge in [-0.2, -0.15) is 0 Å². The van der Waals surface area contributed by atoms with E-state index in [-0.39, 0.29) is 5.91 Å². The third kappa shape index (κ3) is 1.50. The van der Waals surface area contributed by atoms with E-state index in [9.17, 15) is 4.79 Å². The zero-order valence-electron chi connectivity index (χ0n) is 8.50. The van der Waals surface area contributed by atoms with Crippen molar-refractivity contribution in [3.63, 3.8) is 0 Å². The van der Waals surface area contributed by atoms with Crippen molar-refractivity contribution in [3.8, 4) is 0 Å². The zero-order chi connectivity index (χ0) is 10.1. The summed E-state index contributed by atoms with van der Waals surface area (Å²) in [6.45, 7) is 4.91. The van der Waals surface area contributed by atoms with Gasteiger partial charge >= 0.3 is 0 Å². The number of carbonyl (C=O) groups is 1. The molecule has 2 rings (SSSR count). The maximum absolute atomic E-state index is 11.5. The minimum atomic E-state index is 0.0150. The van der Waals surface area contributed by atoms with Crippen molar-refractivity contribution in [2.45, 2.75) is 26.2 Å². The van der Waals surface area contributed by atoms with Crippen molar-refractivity contribution < 1.29 is 4.79 Å². The van der Waals surface area contributed by atoms with Crippen molar-refractivity contribution in [1.82, 2.24) is 10.3 Å². The van der Waals surface area contributed by atoms with E-state index >= 15 is 0 Å². The molecule has 0 bridgehead atoms. The molecule has 0 saturated heterocycles. The van der Waals surface area contributed by atoms with Gasteiger partial charge in [0.15, 0.2) is 0 Å². The number of nitrogens with zero attached hydrogens (tertiary/aromatic N) is 1. The number of fused-ring (bicyclic) bond motifs is 1. The van der Waals surface area contributed by atoms with Crippen LogP contribution in [0.1, 0.15) is 41.4 Å². The molecule has 3 heteroatoms. The van der Waals surface area contributed by atoms with Crippen LogP contribution in [0, 0.1) is 0 Å². The number of nitrogens with one attached hydrogen (secondary N) is 1. The largest absolute Gasteiger partial charge is 0.352 e. The molecule has 1 aromatic heterocycles. The number of hydrogen-bond donors (Lipinski definition) is 1. The Morgan fingerprint density at radius 2 is 2.29 bits per heavy atom. The van der Waals surface area contributed by atoms with Crippen LogP contribution in [0.3, 0.4) is 0 Å². The molecule has 0 aromatic carbocycles. The van der Waals surface area contributed by atoms with Crippen molar-refractivity contribution in [2.75, 3.05) is 6.54 Å². The summed E-state index contributed by atoms with van der Waals surface area (Å²) >= 11 is 0. The molecule has 1 amide bonds. The van der Waals surface area contributed by atoms with Crippen LogP contribution in [0.25, 0.3) is 0 Å². The third-order valence-electron chi connectivity index (χ3n) is 2.55. The molecule has 1 aliphatic rings. The first-order valence-corrected chi connectivity index (χ1v) is 4.95. The lowest BCUT2D eigenvalue weighted by Crippen LogP contribution is -2.32. The summed E-state index contributed by atoms with van der Waals surface area (Å²) in [5.41, 5.74) is 2.81. The Morgan fingerprint density at radius 3 is 3.00 bits per heavy atom. The predicted molar refractivity (Wildman–Crippen MR) is 54.4 cm³/mol. The smallest absolute Gasteiger partial charge is 0.253 e. The molecule has 0 radical (unpaired) electrons. The average Bonchev–Trinajstić information content (AvgIpc) is 2.18. The lowest BCUT2D eigenvalue weighted by molar-refractivity contribution is 0.0945. The molecular formula is C11H14N2O. The fourth-order valence-corrected chi connectivity index (χ4v) is 1.61. The molecule has 0 saturated carbocycles. The quantitative estimate of drug-likeness (QED) is 0.729. The van der Waals surface area contributed by atoms with Gasteiger partial charge < -0.3 is 5.32 Å². The van der Waals surface area contributed by atoms with Crippen LogP contribution in [0.4, 0.5) is 0 Å². The highest BCUT2D eigenvalue weighted by atomic mass is 16.1. The molecular weight excluding hydrogens is 176 g/mol. The second-order valence-corrected chi connectivity index (χ2v) is 3.92. The lowest BCUT2D eigenvalue weighted by atomic mass is 9.99.